The van der Waals surface area contributed by atoms with Crippen LogP contribution in [0.5, 0.6) is 0 Å². The Bertz CT molecular complexity index is 1010. The van der Waals surface area contributed by atoms with E-state index in [2.05, 4.69) is 24.1 Å². The van der Waals surface area contributed by atoms with Crippen molar-refractivity contribution in [3.63, 3.8) is 0 Å². The number of carbonyl (C=O) groups excluding carboxylic acids is 2. The molecule has 1 aliphatic heterocycles. The fraction of sp³-hybridized carbons (Fsp3) is 0.435. The van der Waals surface area contributed by atoms with Crippen LogP contribution in [0, 0.1) is 22.0 Å². The number of piperidine rings is 1. The van der Waals surface area contributed by atoms with Crippen LogP contribution in [0.1, 0.15) is 43.5 Å². The Hall–Kier alpha value is -3.14. The zero-order valence-electron chi connectivity index (χ0n) is 18.8. The minimum absolute atomic E-state index is 0.0704. The summed E-state index contributed by atoms with van der Waals surface area (Å²) in [6, 6.07) is 8.03. The number of anilines is 2. The molecular weight excluding hydrogens is 442 g/mol. The second kappa shape index (κ2) is 11.1. The van der Waals surface area contributed by atoms with Crippen LogP contribution in [0.2, 0.25) is 0 Å². The highest BCUT2D eigenvalue weighted by molar-refractivity contribution is 7.99. The predicted octanol–water partition coefficient (Wildman–Crippen LogP) is 4.08. The molecule has 1 unspecified atom stereocenters. The molecule has 0 spiro atoms. The van der Waals surface area contributed by atoms with Gasteiger partial charge < -0.3 is 16.0 Å². The molecule has 1 aliphatic rings. The van der Waals surface area contributed by atoms with Gasteiger partial charge in [-0.15, -0.1) is 11.8 Å². The molecule has 3 rings (SSSR count). The maximum Gasteiger partial charge on any atom is 0.283 e. The second-order valence-corrected chi connectivity index (χ2v) is 9.65. The Morgan fingerprint density at radius 2 is 2.12 bits per heavy atom. The maximum absolute atomic E-state index is 12.7. The number of aromatic nitrogens is 1. The smallest absolute Gasteiger partial charge is 0.283 e. The third-order valence-corrected chi connectivity index (χ3v) is 6.62. The molecule has 1 aromatic heterocycles. The number of hydrogen-bond acceptors (Lipinski definition) is 7. The fourth-order valence-corrected chi connectivity index (χ4v) is 4.85. The van der Waals surface area contributed by atoms with E-state index in [-0.39, 0.29) is 23.1 Å². The number of rotatable bonds is 9. The zero-order valence-corrected chi connectivity index (χ0v) is 19.6. The molecular formula is C23H29N5O4S. The third-order valence-electron chi connectivity index (χ3n) is 5.52. The summed E-state index contributed by atoms with van der Waals surface area (Å²) in [4.78, 5) is 42.2. The van der Waals surface area contributed by atoms with E-state index in [9.17, 15) is 19.7 Å². The van der Waals surface area contributed by atoms with Gasteiger partial charge in [0, 0.05) is 24.7 Å². The van der Waals surface area contributed by atoms with E-state index in [4.69, 9.17) is 5.73 Å². The maximum atomic E-state index is 12.7. The van der Waals surface area contributed by atoms with Gasteiger partial charge in [0.15, 0.2) is 0 Å². The summed E-state index contributed by atoms with van der Waals surface area (Å²) in [7, 11) is 0. The normalized spacial score (nSPS) is 16.0. The van der Waals surface area contributed by atoms with Gasteiger partial charge in [0.1, 0.15) is 5.82 Å². The molecule has 1 saturated heterocycles. The average molecular weight is 472 g/mol. The van der Waals surface area contributed by atoms with Gasteiger partial charge in [-0.2, -0.15) is 0 Å². The molecule has 0 radical (unpaired) electrons. The number of nitro groups is 1. The third kappa shape index (κ3) is 6.67. The Morgan fingerprint density at radius 1 is 1.33 bits per heavy atom. The number of benzene rings is 1. The first-order chi connectivity index (χ1) is 15.7. The van der Waals surface area contributed by atoms with Crippen molar-refractivity contribution in [1.82, 2.24) is 4.98 Å². The van der Waals surface area contributed by atoms with E-state index in [1.54, 1.807) is 24.3 Å². The molecule has 0 aliphatic carbocycles. The molecule has 1 aromatic carbocycles. The Balaban J connectivity index is 1.66. The van der Waals surface area contributed by atoms with Gasteiger partial charge in [-0.05, 0) is 55.2 Å². The minimum Gasteiger partial charge on any atom is -0.369 e. The van der Waals surface area contributed by atoms with Crippen molar-refractivity contribution in [3.8, 4) is 0 Å². The van der Waals surface area contributed by atoms with Crippen molar-refractivity contribution in [2.75, 3.05) is 29.1 Å². The molecule has 2 aromatic rings. The monoisotopic (exact) mass is 471 g/mol. The molecule has 176 valence electrons. The number of nitro benzene ring substituents is 1. The molecule has 33 heavy (non-hydrogen) atoms. The number of pyridine rings is 1. The van der Waals surface area contributed by atoms with E-state index in [0.717, 1.165) is 31.6 Å². The summed E-state index contributed by atoms with van der Waals surface area (Å²) >= 11 is 1.43. The number of thioether (sulfide) groups is 1. The molecule has 10 heteroatoms. The number of nitrogens with two attached hydrogens (primary N) is 1. The van der Waals surface area contributed by atoms with Crippen LogP contribution in [0.25, 0.3) is 0 Å². The van der Waals surface area contributed by atoms with Gasteiger partial charge in [0.25, 0.3) is 11.6 Å². The predicted molar refractivity (Wildman–Crippen MR) is 130 cm³/mol. The van der Waals surface area contributed by atoms with Crippen molar-refractivity contribution in [2.45, 2.75) is 38.0 Å². The Kier molecular flexibility index (Phi) is 8.26. The minimum atomic E-state index is -0.456. The molecule has 3 N–H and O–H groups in total. The number of nitrogens with one attached hydrogen (secondary N) is 1. The topological polar surface area (TPSA) is 131 Å². The van der Waals surface area contributed by atoms with Gasteiger partial charge in [-0.1, -0.05) is 13.8 Å². The van der Waals surface area contributed by atoms with E-state index in [1.807, 2.05) is 4.90 Å². The average Bonchev–Trinajstić information content (AvgIpc) is 2.79. The van der Waals surface area contributed by atoms with Gasteiger partial charge in [-0.25, -0.2) is 4.98 Å². The van der Waals surface area contributed by atoms with E-state index >= 15 is 0 Å². The molecule has 1 fully saturated rings. The summed E-state index contributed by atoms with van der Waals surface area (Å²) in [5, 5.41) is 14.3. The van der Waals surface area contributed by atoms with Gasteiger partial charge in [0.05, 0.1) is 27.6 Å². The van der Waals surface area contributed by atoms with E-state index < -0.39 is 10.8 Å². The molecule has 0 bridgehead atoms. The van der Waals surface area contributed by atoms with E-state index in [1.165, 1.54) is 24.0 Å². The SMILES string of the molecule is CC(C)CCSc1ccc(C(=O)Nc2ccc(N3CCCC(C(N)=O)C3)nc2)cc1[N+](=O)[O-]. The quantitative estimate of drug-likeness (QED) is 0.320. The van der Waals surface area contributed by atoms with Gasteiger partial charge in [0.2, 0.25) is 5.91 Å². The first kappa shape index (κ1) is 24.5. The Morgan fingerprint density at radius 3 is 2.76 bits per heavy atom. The lowest BCUT2D eigenvalue weighted by Crippen LogP contribution is -2.41. The van der Waals surface area contributed by atoms with Crippen LogP contribution in [0.15, 0.2) is 41.4 Å². The lowest BCUT2D eigenvalue weighted by molar-refractivity contribution is -0.387. The number of carbonyl (C=O) groups is 2. The summed E-state index contributed by atoms with van der Waals surface area (Å²) in [6.07, 6.45) is 4.12. The first-order valence-corrected chi connectivity index (χ1v) is 12.0. The van der Waals surface area contributed by atoms with Crippen LogP contribution in [0.4, 0.5) is 17.2 Å². The summed E-state index contributed by atoms with van der Waals surface area (Å²) in [5.74, 6) is 1.06. The summed E-state index contributed by atoms with van der Waals surface area (Å²) in [5.41, 5.74) is 6.05. The van der Waals surface area contributed by atoms with Gasteiger partial charge in [-0.3, -0.25) is 19.7 Å². The standard InChI is InChI=1S/C23H29N5O4S/c1-15(2)9-11-33-20-7-5-16(12-19(20)28(31)32)23(30)26-18-6-8-21(25-13-18)27-10-3-4-17(14-27)22(24)29/h5-8,12-13,15,17H,3-4,9-11,14H2,1-2H3,(H2,24,29)(H,26,30). The van der Waals surface area contributed by atoms with Crippen molar-refractivity contribution in [2.24, 2.45) is 17.6 Å². The first-order valence-electron chi connectivity index (χ1n) is 11.0. The van der Waals surface area contributed by atoms with E-state index in [0.29, 0.717) is 28.9 Å². The van der Waals surface area contributed by atoms with Crippen LogP contribution in [-0.4, -0.2) is 40.6 Å². The number of primary amides is 1. The highest BCUT2D eigenvalue weighted by Gasteiger charge is 2.25. The van der Waals surface area contributed by atoms with Crippen molar-refractivity contribution >= 4 is 40.8 Å². The number of nitrogens with zero attached hydrogens (tertiary/aromatic N) is 3. The highest BCUT2D eigenvalue weighted by Crippen LogP contribution is 2.31. The molecule has 1 atom stereocenters. The van der Waals surface area contributed by atoms with Crippen molar-refractivity contribution < 1.29 is 14.5 Å². The number of hydrogen-bond donors (Lipinski definition) is 2. The number of amides is 2. The van der Waals surface area contributed by atoms with Gasteiger partial charge >= 0.3 is 0 Å². The van der Waals surface area contributed by atoms with Crippen molar-refractivity contribution in [3.05, 3.63) is 52.2 Å². The second-order valence-electron chi connectivity index (χ2n) is 8.52. The van der Waals surface area contributed by atoms with Crippen molar-refractivity contribution in [1.29, 1.82) is 0 Å². The van der Waals surface area contributed by atoms with Crippen LogP contribution < -0.4 is 16.0 Å². The van der Waals surface area contributed by atoms with Crippen LogP contribution in [-0.2, 0) is 4.79 Å². The fourth-order valence-electron chi connectivity index (χ4n) is 3.60. The zero-order chi connectivity index (χ0) is 24.0. The van der Waals surface area contributed by atoms with Crippen LogP contribution >= 0.6 is 11.8 Å². The lowest BCUT2D eigenvalue weighted by Gasteiger charge is -2.32. The Labute approximate surface area is 197 Å². The van der Waals surface area contributed by atoms with Crippen LogP contribution in [0.3, 0.4) is 0 Å². The highest BCUT2D eigenvalue weighted by atomic mass is 32.2. The molecule has 2 amide bonds. The summed E-state index contributed by atoms with van der Waals surface area (Å²) < 4.78 is 0. The molecule has 0 saturated carbocycles. The molecule has 2 heterocycles. The lowest BCUT2D eigenvalue weighted by atomic mass is 9.97. The largest absolute Gasteiger partial charge is 0.369 e. The molecule has 9 nitrogen and oxygen atoms in total. The summed E-state index contributed by atoms with van der Waals surface area (Å²) in [6.45, 7) is 5.52.